The van der Waals surface area contributed by atoms with Gasteiger partial charge in [-0.1, -0.05) is 30.3 Å². The lowest BCUT2D eigenvalue weighted by molar-refractivity contribution is 0.397. The molecule has 0 saturated carbocycles. The lowest BCUT2D eigenvalue weighted by Gasteiger charge is -2.12. The van der Waals surface area contributed by atoms with Crippen LogP contribution in [-0.4, -0.2) is 24.2 Å². The summed E-state index contributed by atoms with van der Waals surface area (Å²) in [5, 5.41) is 4.26. The van der Waals surface area contributed by atoms with Crippen LogP contribution in [0, 0.1) is 0 Å². The molecule has 0 amide bonds. The molecule has 5 nitrogen and oxygen atoms in total. The Morgan fingerprint density at radius 1 is 1.04 bits per heavy atom. The van der Waals surface area contributed by atoms with E-state index in [-0.39, 0.29) is 5.28 Å². The molecular weight excluding hydrogens is 314 g/mol. The van der Waals surface area contributed by atoms with Crippen LogP contribution in [0.4, 0.5) is 5.82 Å². The van der Waals surface area contributed by atoms with E-state index in [9.17, 15) is 0 Å². The molecule has 0 spiro atoms. The highest BCUT2D eigenvalue weighted by Gasteiger charge is 2.13. The molecule has 0 aliphatic rings. The summed E-state index contributed by atoms with van der Waals surface area (Å²) >= 11 is 6.06. The van der Waals surface area contributed by atoms with Crippen molar-refractivity contribution in [3.63, 3.8) is 0 Å². The Labute approximate surface area is 139 Å². The van der Waals surface area contributed by atoms with Crippen molar-refractivity contribution >= 4 is 28.3 Å². The van der Waals surface area contributed by atoms with Crippen molar-refractivity contribution in [1.82, 2.24) is 9.97 Å². The van der Waals surface area contributed by atoms with E-state index in [1.165, 1.54) is 0 Å². The Morgan fingerprint density at radius 3 is 2.52 bits per heavy atom. The average molecular weight is 330 g/mol. The molecule has 1 heterocycles. The normalized spacial score (nSPS) is 10.6. The third-order valence-electron chi connectivity index (χ3n) is 3.47. The SMILES string of the molecule is COc1cc(OC)c2nc(Cl)nc(NCc3ccccc3)c2c1. The van der Waals surface area contributed by atoms with Crippen LogP contribution in [0.2, 0.25) is 5.28 Å². The minimum Gasteiger partial charge on any atom is -0.497 e. The molecular formula is C17H16ClN3O2. The Hall–Kier alpha value is -2.53. The van der Waals surface area contributed by atoms with Crippen LogP contribution in [0.1, 0.15) is 5.56 Å². The monoisotopic (exact) mass is 329 g/mol. The highest BCUT2D eigenvalue weighted by atomic mass is 35.5. The van der Waals surface area contributed by atoms with Gasteiger partial charge in [0.25, 0.3) is 0 Å². The number of hydrogen-bond donors (Lipinski definition) is 1. The fourth-order valence-electron chi connectivity index (χ4n) is 2.34. The van der Waals surface area contributed by atoms with Gasteiger partial charge in [0.1, 0.15) is 22.8 Å². The van der Waals surface area contributed by atoms with E-state index in [0.29, 0.717) is 29.4 Å². The molecule has 0 aliphatic carbocycles. The van der Waals surface area contributed by atoms with Crippen molar-refractivity contribution in [2.45, 2.75) is 6.54 Å². The number of benzene rings is 2. The second-order valence-electron chi connectivity index (χ2n) is 4.91. The standard InChI is InChI=1S/C17H16ClN3O2/c1-22-12-8-13-15(14(9-12)23-2)20-17(18)21-16(13)19-10-11-6-4-3-5-7-11/h3-9H,10H2,1-2H3,(H,19,20,21). The fraction of sp³-hybridized carbons (Fsp3) is 0.176. The van der Waals surface area contributed by atoms with Crippen molar-refractivity contribution in [2.75, 3.05) is 19.5 Å². The van der Waals surface area contributed by atoms with E-state index in [0.717, 1.165) is 10.9 Å². The number of fused-ring (bicyclic) bond motifs is 1. The summed E-state index contributed by atoms with van der Waals surface area (Å²) < 4.78 is 10.7. The van der Waals surface area contributed by atoms with E-state index >= 15 is 0 Å². The molecule has 1 N–H and O–H groups in total. The zero-order valence-electron chi connectivity index (χ0n) is 12.8. The van der Waals surface area contributed by atoms with Gasteiger partial charge >= 0.3 is 0 Å². The predicted molar refractivity (Wildman–Crippen MR) is 91.4 cm³/mol. The smallest absolute Gasteiger partial charge is 0.225 e. The number of aromatic nitrogens is 2. The Kier molecular flexibility index (Phi) is 4.48. The highest BCUT2D eigenvalue weighted by Crippen LogP contribution is 2.34. The maximum absolute atomic E-state index is 6.06. The van der Waals surface area contributed by atoms with E-state index in [2.05, 4.69) is 15.3 Å². The summed E-state index contributed by atoms with van der Waals surface area (Å²) in [6.45, 7) is 0.628. The van der Waals surface area contributed by atoms with Gasteiger partial charge in [-0.15, -0.1) is 0 Å². The molecule has 0 saturated heterocycles. The van der Waals surface area contributed by atoms with E-state index < -0.39 is 0 Å². The first kappa shape index (κ1) is 15.4. The third kappa shape index (κ3) is 3.29. The molecule has 3 aromatic rings. The maximum atomic E-state index is 6.06. The van der Waals surface area contributed by atoms with E-state index in [1.807, 2.05) is 36.4 Å². The largest absolute Gasteiger partial charge is 0.497 e. The lowest BCUT2D eigenvalue weighted by atomic mass is 10.2. The summed E-state index contributed by atoms with van der Waals surface area (Å²) in [4.78, 5) is 8.57. The molecule has 6 heteroatoms. The van der Waals surface area contributed by atoms with Crippen molar-refractivity contribution < 1.29 is 9.47 Å². The lowest BCUT2D eigenvalue weighted by Crippen LogP contribution is -2.04. The Morgan fingerprint density at radius 2 is 1.83 bits per heavy atom. The minimum absolute atomic E-state index is 0.163. The quantitative estimate of drug-likeness (QED) is 0.719. The number of nitrogens with zero attached hydrogens (tertiary/aromatic N) is 2. The number of halogens is 1. The second-order valence-corrected chi connectivity index (χ2v) is 5.24. The van der Waals surface area contributed by atoms with Crippen LogP contribution in [0.15, 0.2) is 42.5 Å². The van der Waals surface area contributed by atoms with Gasteiger partial charge < -0.3 is 14.8 Å². The molecule has 2 aromatic carbocycles. The number of anilines is 1. The average Bonchev–Trinajstić information content (AvgIpc) is 2.59. The van der Waals surface area contributed by atoms with E-state index in [4.69, 9.17) is 21.1 Å². The number of nitrogens with one attached hydrogen (secondary N) is 1. The van der Waals surface area contributed by atoms with Gasteiger partial charge in [0.2, 0.25) is 5.28 Å². The molecule has 23 heavy (non-hydrogen) atoms. The van der Waals surface area contributed by atoms with Crippen LogP contribution in [0.5, 0.6) is 11.5 Å². The van der Waals surface area contributed by atoms with Crippen LogP contribution >= 0.6 is 11.6 Å². The highest BCUT2D eigenvalue weighted by molar-refractivity contribution is 6.29. The Balaban J connectivity index is 2.04. The van der Waals surface area contributed by atoms with Gasteiger partial charge in [-0.25, -0.2) is 9.97 Å². The van der Waals surface area contributed by atoms with Gasteiger partial charge in [-0.3, -0.25) is 0 Å². The minimum atomic E-state index is 0.163. The first-order valence-electron chi connectivity index (χ1n) is 7.08. The van der Waals surface area contributed by atoms with Gasteiger partial charge in [0.15, 0.2) is 0 Å². The number of ether oxygens (including phenoxy) is 2. The van der Waals surface area contributed by atoms with Crippen LogP contribution in [0.25, 0.3) is 10.9 Å². The van der Waals surface area contributed by atoms with E-state index in [1.54, 1.807) is 20.3 Å². The first-order chi connectivity index (χ1) is 11.2. The number of hydrogen-bond acceptors (Lipinski definition) is 5. The molecule has 0 bridgehead atoms. The molecule has 0 unspecified atom stereocenters. The van der Waals surface area contributed by atoms with Crippen molar-refractivity contribution in [3.8, 4) is 11.5 Å². The zero-order chi connectivity index (χ0) is 16.2. The van der Waals surface area contributed by atoms with Crippen LogP contribution in [-0.2, 0) is 6.54 Å². The molecule has 118 valence electrons. The Bertz CT molecular complexity index is 825. The van der Waals surface area contributed by atoms with Gasteiger partial charge in [0, 0.05) is 12.6 Å². The summed E-state index contributed by atoms with van der Waals surface area (Å²) in [6.07, 6.45) is 0. The molecule has 1 aromatic heterocycles. The molecule has 0 atom stereocenters. The van der Waals surface area contributed by atoms with Gasteiger partial charge in [-0.2, -0.15) is 0 Å². The van der Waals surface area contributed by atoms with Gasteiger partial charge in [-0.05, 0) is 23.2 Å². The summed E-state index contributed by atoms with van der Waals surface area (Å²) in [7, 11) is 3.19. The van der Waals surface area contributed by atoms with Crippen molar-refractivity contribution in [2.24, 2.45) is 0 Å². The second kappa shape index (κ2) is 6.71. The molecule has 3 rings (SSSR count). The van der Waals surface area contributed by atoms with Crippen LogP contribution in [0.3, 0.4) is 0 Å². The first-order valence-corrected chi connectivity index (χ1v) is 7.46. The predicted octanol–water partition coefficient (Wildman–Crippen LogP) is 3.91. The maximum Gasteiger partial charge on any atom is 0.225 e. The zero-order valence-corrected chi connectivity index (χ0v) is 13.6. The summed E-state index contributed by atoms with van der Waals surface area (Å²) in [6, 6.07) is 13.7. The van der Waals surface area contributed by atoms with Crippen molar-refractivity contribution in [3.05, 3.63) is 53.3 Å². The van der Waals surface area contributed by atoms with Crippen molar-refractivity contribution in [1.29, 1.82) is 0 Å². The number of methoxy groups -OCH3 is 2. The fourth-order valence-corrected chi connectivity index (χ4v) is 2.51. The topological polar surface area (TPSA) is 56.3 Å². The molecule has 0 fully saturated rings. The third-order valence-corrected chi connectivity index (χ3v) is 3.64. The summed E-state index contributed by atoms with van der Waals surface area (Å²) in [5.74, 6) is 1.90. The summed E-state index contributed by atoms with van der Waals surface area (Å²) in [5.41, 5.74) is 1.79. The van der Waals surface area contributed by atoms with Gasteiger partial charge in [0.05, 0.1) is 19.6 Å². The number of rotatable bonds is 5. The van der Waals surface area contributed by atoms with Crippen LogP contribution < -0.4 is 14.8 Å². The molecule has 0 radical (unpaired) electrons. The molecule has 0 aliphatic heterocycles.